The van der Waals surface area contributed by atoms with E-state index in [1.165, 1.54) is 44.9 Å². The molecule has 0 aromatic heterocycles. The normalized spacial score (nSPS) is 12.4. The van der Waals surface area contributed by atoms with Crippen molar-refractivity contribution >= 4 is 31.1 Å². The quantitative estimate of drug-likeness (QED) is 0.282. The second-order valence-corrected chi connectivity index (χ2v) is 8.40. The van der Waals surface area contributed by atoms with E-state index < -0.39 is 0 Å². The van der Waals surface area contributed by atoms with Crippen LogP contribution in [0.15, 0.2) is 0 Å². The van der Waals surface area contributed by atoms with Crippen LogP contribution in [0.2, 0.25) is 4.05 Å². The van der Waals surface area contributed by atoms with Crippen molar-refractivity contribution < 1.29 is 9.47 Å². The van der Waals surface area contributed by atoms with Gasteiger partial charge in [0.1, 0.15) is 6.79 Å². The van der Waals surface area contributed by atoms with Crippen LogP contribution in [-0.2, 0) is 9.47 Å². The molecule has 0 radical (unpaired) electrons. The van der Waals surface area contributed by atoms with E-state index in [9.17, 15) is 0 Å². The first-order valence-electron chi connectivity index (χ1n) is 7.02. The van der Waals surface area contributed by atoms with E-state index >= 15 is 0 Å². The molecule has 0 aliphatic heterocycles. The molecular weight excluding hydrogens is 292 g/mol. The van der Waals surface area contributed by atoms with Gasteiger partial charge in [-0.2, -0.15) is 0 Å². The van der Waals surface area contributed by atoms with Crippen LogP contribution in [0, 0.1) is 0 Å². The standard InChI is InChI=1S/C13H27O2.BrH.Mg/c1-3-5-7-8-10-12-15-13-14-11-9-6-4-2;;/h4H,3,5-13H2,1-2H3;1H;/q;;+1/p-1. The van der Waals surface area contributed by atoms with Gasteiger partial charge in [0.15, 0.2) is 0 Å². The van der Waals surface area contributed by atoms with E-state index in [2.05, 4.69) is 26.7 Å². The Kier molecular flexibility index (Phi) is 16.3. The molecule has 0 bridgehead atoms. The van der Waals surface area contributed by atoms with Crippen LogP contribution in [0.4, 0.5) is 0 Å². The van der Waals surface area contributed by atoms with Gasteiger partial charge in [-0.25, -0.2) is 0 Å². The zero-order valence-corrected chi connectivity index (χ0v) is 14.6. The Balaban J connectivity index is 2.94. The number of ether oxygens (including phenoxy) is 2. The Morgan fingerprint density at radius 3 is 2.29 bits per heavy atom. The van der Waals surface area contributed by atoms with Gasteiger partial charge in [0.05, 0.1) is 0 Å². The molecule has 100 valence electrons. The van der Waals surface area contributed by atoms with Crippen molar-refractivity contribution in [2.45, 2.75) is 62.8 Å². The fourth-order valence-electron chi connectivity index (χ4n) is 1.60. The van der Waals surface area contributed by atoms with Crippen LogP contribution < -0.4 is 0 Å². The van der Waals surface area contributed by atoms with Gasteiger partial charge in [-0.1, -0.05) is 46.0 Å². The maximum atomic E-state index is 5.43. The van der Waals surface area contributed by atoms with Gasteiger partial charge in [0.2, 0.25) is 0 Å². The Morgan fingerprint density at radius 2 is 1.65 bits per heavy atom. The topological polar surface area (TPSA) is 18.5 Å². The van der Waals surface area contributed by atoms with Crippen molar-refractivity contribution in [3.8, 4) is 0 Å². The summed E-state index contributed by atoms with van der Waals surface area (Å²) in [5.41, 5.74) is 0. The molecule has 0 heterocycles. The molecule has 2 nitrogen and oxygen atoms in total. The Morgan fingerprint density at radius 1 is 1.00 bits per heavy atom. The SMILES string of the molecule is CCCCCCCOCOCCC[CH](C)[Mg][Br]. The fraction of sp³-hybridized carbons (Fsp3) is 1.00. The molecule has 4 heteroatoms. The summed E-state index contributed by atoms with van der Waals surface area (Å²) in [4.78, 5) is 0. The van der Waals surface area contributed by atoms with Gasteiger partial charge in [0, 0.05) is 13.2 Å². The second-order valence-electron chi connectivity index (χ2n) is 4.75. The Labute approximate surface area is 123 Å². The van der Waals surface area contributed by atoms with E-state index in [1.54, 1.807) is 0 Å². The number of rotatable bonds is 13. The average Bonchev–Trinajstić information content (AvgIpc) is 2.35. The molecule has 0 saturated heterocycles. The molecular formula is C13H27BrMgO2. The van der Waals surface area contributed by atoms with Gasteiger partial charge < -0.3 is 22.4 Å². The third-order valence-corrected chi connectivity index (χ3v) is 7.06. The average molecular weight is 320 g/mol. The number of hydrogen-bond acceptors (Lipinski definition) is 2. The van der Waals surface area contributed by atoms with Crippen LogP contribution >= 0.6 is 12.9 Å². The molecule has 0 aromatic rings. The lowest BCUT2D eigenvalue weighted by molar-refractivity contribution is -0.0555. The third-order valence-electron chi connectivity index (χ3n) is 2.81. The summed E-state index contributed by atoms with van der Waals surface area (Å²) in [6.45, 7) is 6.74. The molecule has 0 aliphatic carbocycles. The number of unbranched alkanes of at least 4 members (excludes halogenated alkanes) is 4. The molecule has 0 aromatic carbocycles. The summed E-state index contributed by atoms with van der Waals surface area (Å²) in [6, 6.07) is 0. The summed E-state index contributed by atoms with van der Waals surface area (Å²) < 4.78 is 11.7. The van der Waals surface area contributed by atoms with E-state index in [-0.39, 0.29) is 18.2 Å². The molecule has 1 atom stereocenters. The minimum Gasteiger partial charge on any atom is -0.355 e. The lowest BCUT2D eigenvalue weighted by Gasteiger charge is -2.08. The summed E-state index contributed by atoms with van der Waals surface area (Å²) in [7, 11) is 0. The van der Waals surface area contributed by atoms with E-state index in [4.69, 9.17) is 9.47 Å². The van der Waals surface area contributed by atoms with Crippen LogP contribution in [0.3, 0.4) is 0 Å². The molecule has 17 heavy (non-hydrogen) atoms. The van der Waals surface area contributed by atoms with Crippen molar-refractivity contribution in [2.75, 3.05) is 20.0 Å². The minimum atomic E-state index is 0.00594. The molecule has 0 N–H and O–H groups in total. The van der Waals surface area contributed by atoms with Crippen molar-refractivity contribution in [1.82, 2.24) is 0 Å². The predicted molar refractivity (Wildman–Crippen MR) is 78.9 cm³/mol. The van der Waals surface area contributed by atoms with Gasteiger partial charge in [-0.15, -0.1) is 4.05 Å². The highest BCUT2D eigenvalue weighted by Crippen LogP contribution is 2.12. The monoisotopic (exact) mass is 318 g/mol. The molecule has 0 fully saturated rings. The van der Waals surface area contributed by atoms with Crippen molar-refractivity contribution in [3.63, 3.8) is 0 Å². The van der Waals surface area contributed by atoms with E-state index in [0.29, 0.717) is 6.79 Å². The lowest BCUT2D eigenvalue weighted by atomic mass is 10.2. The Bertz CT molecular complexity index is 147. The fourth-order valence-corrected chi connectivity index (χ4v) is 3.01. The zero-order chi connectivity index (χ0) is 12.8. The van der Waals surface area contributed by atoms with Crippen LogP contribution in [-0.4, -0.2) is 38.2 Å². The lowest BCUT2D eigenvalue weighted by Crippen LogP contribution is -2.04. The molecule has 0 amide bonds. The van der Waals surface area contributed by atoms with Crippen molar-refractivity contribution in [1.29, 1.82) is 0 Å². The third kappa shape index (κ3) is 15.1. The molecule has 0 spiro atoms. The number of hydrogen-bond donors (Lipinski definition) is 0. The second kappa shape index (κ2) is 15.2. The Hall–Kier alpha value is 1.17. The van der Waals surface area contributed by atoms with E-state index in [1.807, 2.05) is 0 Å². The van der Waals surface area contributed by atoms with Crippen LogP contribution in [0.25, 0.3) is 0 Å². The van der Waals surface area contributed by atoms with Crippen molar-refractivity contribution in [3.05, 3.63) is 0 Å². The highest BCUT2D eigenvalue weighted by Gasteiger charge is 2.02. The first-order chi connectivity index (χ1) is 8.31. The molecule has 0 saturated carbocycles. The first-order valence-corrected chi connectivity index (χ1v) is 11.7. The zero-order valence-electron chi connectivity index (χ0n) is 11.5. The highest BCUT2D eigenvalue weighted by atomic mass is 79.9. The predicted octanol–water partition coefficient (Wildman–Crippen LogP) is 4.55. The maximum Gasteiger partial charge on any atom is 0.471 e. The van der Waals surface area contributed by atoms with Gasteiger partial charge in [-0.05, 0) is 12.8 Å². The summed E-state index contributed by atoms with van der Waals surface area (Å²) >= 11 is 3.62. The van der Waals surface area contributed by atoms with Crippen LogP contribution in [0.1, 0.15) is 58.8 Å². The summed E-state index contributed by atoms with van der Waals surface area (Å²) in [5.74, 6) is 0. The summed E-state index contributed by atoms with van der Waals surface area (Å²) in [5, 5.41) is 0. The molecule has 0 aliphatic rings. The number of halogens is 1. The van der Waals surface area contributed by atoms with Crippen molar-refractivity contribution in [2.24, 2.45) is 0 Å². The minimum absolute atomic E-state index is 0.00594. The van der Waals surface area contributed by atoms with Gasteiger partial charge in [0.25, 0.3) is 0 Å². The van der Waals surface area contributed by atoms with Gasteiger partial charge >= 0.3 is 18.2 Å². The maximum absolute atomic E-state index is 5.43. The largest absolute Gasteiger partial charge is 0.471 e. The first kappa shape index (κ1) is 18.2. The van der Waals surface area contributed by atoms with Crippen LogP contribution in [0.5, 0.6) is 0 Å². The van der Waals surface area contributed by atoms with E-state index in [0.717, 1.165) is 17.3 Å². The smallest absolute Gasteiger partial charge is 0.355 e. The van der Waals surface area contributed by atoms with Gasteiger partial charge in [-0.3, -0.25) is 0 Å². The molecule has 0 rings (SSSR count). The molecule has 1 unspecified atom stereocenters. The summed E-state index contributed by atoms with van der Waals surface area (Å²) in [6.07, 6.45) is 8.92. The highest BCUT2D eigenvalue weighted by molar-refractivity contribution is 9.23.